The zero-order chi connectivity index (χ0) is 36.9. The third-order valence-corrected chi connectivity index (χ3v) is 9.60. The van der Waals surface area contributed by atoms with Gasteiger partial charge in [0.25, 0.3) is 15.7 Å². The highest BCUT2D eigenvalue weighted by Gasteiger charge is 2.35. The number of esters is 1. The molecule has 0 spiro atoms. The molecule has 0 fully saturated rings. The Bertz CT molecular complexity index is 2080. The summed E-state index contributed by atoms with van der Waals surface area (Å²) in [5.74, 6) is -0.377. The molecular weight excluding hydrogens is 714 g/mol. The van der Waals surface area contributed by atoms with Gasteiger partial charge < -0.3 is 30.6 Å². The van der Waals surface area contributed by atoms with Crippen molar-refractivity contribution in [2.45, 2.75) is 48.4 Å². The van der Waals surface area contributed by atoms with Gasteiger partial charge in [0.2, 0.25) is 5.95 Å². The van der Waals surface area contributed by atoms with Gasteiger partial charge in [0.05, 0.1) is 47.1 Å². The summed E-state index contributed by atoms with van der Waals surface area (Å²) in [4.78, 5) is 33.1. The summed E-state index contributed by atoms with van der Waals surface area (Å²) in [5, 5.41) is 23.8. The van der Waals surface area contributed by atoms with Crippen LogP contribution in [0.4, 0.5) is 23.1 Å². The highest BCUT2D eigenvalue weighted by Crippen LogP contribution is 2.28. The van der Waals surface area contributed by atoms with E-state index in [4.69, 9.17) is 21.1 Å². The molecule has 15 nitrogen and oxygen atoms in total. The Balaban J connectivity index is 0.987. The molecule has 0 saturated heterocycles. The number of benzene rings is 3. The maximum Gasteiger partial charge on any atom is 0.414 e. The number of amides is 1. The lowest BCUT2D eigenvalue weighted by molar-refractivity contribution is -0.832. The number of hydrogen-bond donors (Lipinski definition) is 3. The van der Waals surface area contributed by atoms with Gasteiger partial charge in [-0.1, -0.05) is 73.3 Å². The van der Waals surface area contributed by atoms with Gasteiger partial charge in [-0.15, -0.1) is 0 Å². The standard InChI is InChI=1S/C35H36ClN7O8S/c1-37-32(45)27-14-8-9-15-29(27)40-31-28(36)23-38-35(41-31)39-25-18-16-24(17-19-25)22-30(44)49-20-10-3-2-4-11-21-50-33-34(43(46)51-42-33)52(47,48)26-12-6-5-7-13-26/h5-9,12-19,23H,2-4,10-11,20-22H2,1H3,(H,37,45)(H2,38,39,40,41). The predicted octanol–water partition coefficient (Wildman–Crippen LogP) is 5.55. The molecule has 3 N–H and O–H groups in total. The third-order valence-electron chi connectivity index (χ3n) is 7.60. The summed E-state index contributed by atoms with van der Waals surface area (Å²) in [6, 6.07) is 21.7. The first-order chi connectivity index (χ1) is 25.2. The Morgan fingerprint density at radius 3 is 2.35 bits per heavy atom. The second-order valence-corrected chi connectivity index (χ2v) is 13.6. The Kier molecular flexibility index (Phi) is 13.0. The molecule has 17 heteroatoms. The molecule has 52 heavy (non-hydrogen) atoms. The molecule has 3 aromatic carbocycles. The number of nitrogens with zero attached hydrogens (tertiary/aromatic N) is 4. The minimum absolute atomic E-state index is 0.0717. The van der Waals surface area contributed by atoms with Crippen molar-refractivity contribution in [3.63, 3.8) is 0 Å². The molecule has 0 aliphatic carbocycles. The number of halogens is 1. The summed E-state index contributed by atoms with van der Waals surface area (Å²) in [5.41, 5.74) is 2.43. The zero-order valence-electron chi connectivity index (χ0n) is 28.1. The highest BCUT2D eigenvalue weighted by atomic mass is 35.5. The van der Waals surface area contributed by atoms with Gasteiger partial charge >= 0.3 is 16.9 Å². The van der Waals surface area contributed by atoms with Gasteiger partial charge in [-0.25, -0.2) is 13.4 Å². The van der Waals surface area contributed by atoms with Crippen LogP contribution >= 0.6 is 11.6 Å². The quantitative estimate of drug-likeness (QED) is 0.0573. The number of nitrogens with one attached hydrogen (secondary N) is 3. The number of hydrogen-bond acceptors (Lipinski definition) is 13. The van der Waals surface area contributed by atoms with Crippen LogP contribution in [-0.2, 0) is 25.8 Å². The average Bonchev–Trinajstić information content (AvgIpc) is 3.53. The largest absolute Gasteiger partial charge is 0.465 e. The van der Waals surface area contributed by atoms with E-state index in [1.165, 1.54) is 18.3 Å². The number of rotatable bonds is 18. The fourth-order valence-corrected chi connectivity index (χ4v) is 6.38. The van der Waals surface area contributed by atoms with Gasteiger partial charge in [0.1, 0.15) is 5.02 Å². The number of ether oxygens (including phenoxy) is 2. The lowest BCUT2D eigenvalue weighted by Crippen LogP contribution is -2.30. The molecule has 1 amide bonds. The van der Waals surface area contributed by atoms with Crippen molar-refractivity contribution < 1.29 is 37.0 Å². The van der Waals surface area contributed by atoms with Crippen LogP contribution in [0.1, 0.15) is 48.0 Å². The van der Waals surface area contributed by atoms with E-state index >= 15 is 0 Å². The first-order valence-electron chi connectivity index (χ1n) is 16.3. The number of unbranched alkanes of at least 4 members (excludes halogenated alkanes) is 4. The van der Waals surface area contributed by atoms with Crippen LogP contribution < -0.4 is 25.6 Å². The molecule has 0 aliphatic rings. The second kappa shape index (κ2) is 18.0. The molecule has 2 aromatic heterocycles. The summed E-state index contributed by atoms with van der Waals surface area (Å²) in [6.45, 7) is 0.434. The van der Waals surface area contributed by atoms with Crippen molar-refractivity contribution in [1.82, 2.24) is 20.4 Å². The molecule has 0 bridgehead atoms. The lowest BCUT2D eigenvalue weighted by atomic mass is 10.1. The van der Waals surface area contributed by atoms with Gasteiger partial charge in [0, 0.05) is 12.7 Å². The summed E-state index contributed by atoms with van der Waals surface area (Å²) < 4.78 is 41.0. The Morgan fingerprint density at radius 2 is 1.60 bits per heavy atom. The molecular formula is C35H36ClN7O8S. The normalized spacial score (nSPS) is 11.1. The monoisotopic (exact) mass is 749 g/mol. The molecule has 2 heterocycles. The minimum Gasteiger partial charge on any atom is -0.465 e. The number of aromatic nitrogens is 4. The number of anilines is 4. The smallest absolute Gasteiger partial charge is 0.414 e. The van der Waals surface area contributed by atoms with Crippen molar-refractivity contribution in [2.24, 2.45) is 0 Å². The van der Waals surface area contributed by atoms with E-state index < -0.39 is 14.9 Å². The van der Waals surface area contributed by atoms with Crippen molar-refractivity contribution in [2.75, 3.05) is 30.9 Å². The highest BCUT2D eigenvalue weighted by molar-refractivity contribution is 7.91. The third kappa shape index (κ3) is 9.95. The minimum atomic E-state index is -4.16. The van der Waals surface area contributed by atoms with Crippen LogP contribution in [0.15, 0.2) is 99.6 Å². The van der Waals surface area contributed by atoms with Gasteiger partial charge in [-0.2, -0.15) is 4.98 Å². The van der Waals surface area contributed by atoms with E-state index in [0.29, 0.717) is 35.6 Å². The molecule has 5 aromatic rings. The van der Waals surface area contributed by atoms with Crippen LogP contribution in [0.2, 0.25) is 5.02 Å². The van der Waals surface area contributed by atoms with Crippen molar-refractivity contribution >= 4 is 56.5 Å². The molecule has 0 unspecified atom stereocenters. The second-order valence-electron chi connectivity index (χ2n) is 11.3. The van der Waals surface area contributed by atoms with E-state index in [-0.39, 0.29) is 58.2 Å². The summed E-state index contributed by atoms with van der Waals surface area (Å²) in [7, 11) is -2.61. The lowest BCUT2D eigenvalue weighted by Gasteiger charge is -2.13. The van der Waals surface area contributed by atoms with Crippen LogP contribution in [0, 0.1) is 5.21 Å². The molecule has 0 saturated carbocycles. The molecule has 272 valence electrons. The average molecular weight is 750 g/mol. The first kappa shape index (κ1) is 37.5. The first-order valence-corrected chi connectivity index (χ1v) is 18.2. The number of carbonyl (C=O) groups excluding carboxylic acids is 2. The summed E-state index contributed by atoms with van der Waals surface area (Å²) >= 11 is 6.32. The van der Waals surface area contributed by atoms with Gasteiger partial charge in [-0.3, -0.25) is 14.2 Å². The fraction of sp³-hybridized carbons (Fsp3) is 0.257. The predicted molar refractivity (Wildman–Crippen MR) is 190 cm³/mol. The molecule has 0 atom stereocenters. The van der Waals surface area contributed by atoms with Gasteiger partial charge in [-0.05, 0) is 59.7 Å². The summed E-state index contributed by atoms with van der Waals surface area (Å²) in [6.07, 6.45) is 5.26. The van der Waals surface area contributed by atoms with Crippen LogP contribution in [-0.4, -0.2) is 55.7 Å². The fourth-order valence-electron chi connectivity index (χ4n) is 4.95. The number of para-hydroxylation sites is 1. The zero-order valence-corrected chi connectivity index (χ0v) is 29.7. The maximum atomic E-state index is 12.8. The Hall–Kier alpha value is -5.74. The molecule has 5 rings (SSSR count). The van der Waals surface area contributed by atoms with E-state index in [1.807, 2.05) is 0 Å². The molecule has 0 radical (unpaired) electrons. The van der Waals surface area contributed by atoms with Crippen LogP contribution in [0.25, 0.3) is 0 Å². The Labute approximate surface area is 304 Å². The maximum absolute atomic E-state index is 12.8. The van der Waals surface area contributed by atoms with E-state index in [9.17, 15) is 23.2 Å². The van der Waals surface area contributed by atoms with E-state index in [2.05, 4.69) is 35.7 Å². The van der Waals surface area contributed by atoms with Crippen molar-refractivity contribution in [3.8, 4) is 5.88 Å². The van der Waals surface area contributed by atoms with Crippen molar-refractivity contribution in [3.05, 3.63) is 106 Å². The van der Waals surface area contributed by atoms with Crippen molar-refractivity contribution in [1.29, 1.82) is 0 Å². The van der Waals surface area contributed by atoms with E-state index in [0.717, 1.165) is 24.8 Å². The number of sulfone groups is 1. The molecule has 0 aliphatic heterocycles. The Morgan fingerprint density at radius 1 is 0.904 bits per heavy atom. The number of carbonyl (C=O) groups is 2. The van der Waals surface area contributed by atoms with Gasteiger partial charge in [0.15, 0.2) is 5.82 Å². The van der Waals surface area contributed by atoms with Crippen LogP contribution in [0.5, 0.6) is 5.88 Å². The SMILES string of the molecule is CNC(=O)c1ccccc1Nc1nc(Nc2ccc(CC(=O)OCCCCCCCOc3no[n+]([O-])c3S(=O)(=O)c3ccccc3)cc2)ncc1Cl. The van der Waals surface area contributed by atoms with E-state index in [1.54, 1.807) is 73.8 Å². The topological polar surface area (TPSA) is 202 Å². The van der Waals surface area contributed by atoms with Crippen LogP contribution in [0.3, 0.4) is 0 Å².